The lowest BCUT2D eigenvalue weighted by Gasteiger charge is -2.01. The van der Waals surface area contributed by atoms with E-state index in [0.29, 0.717) is 7.47 Å². The van der Waals surface area contributed by atoms with E-state index in [1.165, 1.54) is 12.1 Å². The predicted molar refractivity (Wildman–Crippen MR) is 79.6 cm³/mol. The van der Waals surface area contributed by atoms with Crippen LogP contribution >= 0.6 is 63.7 Å². The molecule has 0 heterocycles. The molecule has 0 aliphatic heterocycles. The van der Waals surface area contributed by atoms with Gasteiger partial charge in [-0.2, -0.15) is 0 Å². The van der Waals surface area contributed by atoms with Gasteiger partial charge in [0.1, 0.15) is 0 Å². The third kappa shape index (κ3) is 12.4. The molecule has 0 saturated carbocycles. The standard InChI is InChI=1S/C6H14Br4Si2/c7-5(8)3-11-1-2-12-4-6(9)10/h5-6H,1-4,11-12H2. The minimum atomic E-state index is 0.229. The quantitative estimate of drug-likeness (QED) is 0.310. The summed E-state index contributed by atoms with van der Waals surface area (Å²) in [6.07, 6.45) is 0. The molecule has 0 aliphatic carbocycles. The maximum atomic E-state index is 3.51. The molecule has 0 amide bonds. The Morgan fingerprint density at radius 1 is 0.750 bits per heavy atom. The highest BCUT2D eigenvalue weighted by Crippen LogP contribution is 2.15. The van der Waals surface area contributed by atoms with Crippen LogP contribution in [-0.4, -0.2) is 26.5 Å². The Morgan fingerprint density at radius 2 is 1.08 bits per heavy atom. The molecule has 0 bridgehead atoms. The van der Waals surface area contributed by atoms with Crippen LogP contribution < -0.4 is 0 Å². The lowest BCUT2D eigenvalue weighted by atomic mass is 10.9. The monoisotopic (exact) mass is 458 g/mol. The fourth-order valence-electron chi connectivity index (χ4n) is 0.951. The van der Waals surface area contributed by atoms with Crippen molar-refractivity contribution < 1.29 is 0 Å². The van der Waals surface area contributed by atoms with Gasteiger partial charge in [-0.1, -0.05) is 75.8 Å². The second-order valence-electron chi connectivity index (χ2n) is 2.77. The summed E-state index contributed by atoms with van der Waals surface area (Å²) in [6.45, 7) is 0. The third-order valence-corrected chi connectivity index (χ3v) is 11.8. The highest BCUT2D eigenvalue weighted by molar-refractivity contribution is 9.25. The van der Waals surface area contributed by atoms with Gasteiger partial charge >= 0.3 is 0 Å². The molecule has 0 aromatic rings. The van der Waals surface area contributed by atoms with Crippen LogP contribution in [0.5, 0.6) is 0 Å². The number of halogens is 4. The predicted octanol–water partition coefficient (Wildman–Crippen LogP) is 3.23. The molecule has 0 aromatic carbocycles. The molecule has 0 rings (SSSR count). The topological polar surface area (TPSA) is 0 Å². The van der Waals surface area contributed by atoms with Crippen LogP contribution in [-0.2, 0) is 0 Å². The van der Waals surface area contributed by atoms with Crippen molar-refractivity contribution in [2.24, 2.45) is 0 Å². The summed E-state index contributed by atoms with van der Waals surface area (Å²) >= 11 is 14.1. The average Bonchev–Trinajstić information content (AvgIpc) is 1.95. The van der Waals surface area contributed by atoms with Gasteiger partial charge in [0.2, 0.25) is 0 Å². The lowest BCUT2D eigenvalue weighted by Crippen LogP contribution is -1.99. The van der Waals surface area contributed by atoms with E-state index >= 15 is 0 Å². The molecule has 0 fully saturated rings. The zero-order valence-electron chi connectivity index (χ0n) is 6.91. The summed E-state index contributed by atoms with van der Waals surface area (Å²) in [5.74, 6) is 0. The fraction of sp³-hybridized carbons (Fsp3) is 1.00. The Labute approximate surface area is 113 Å². The van der Waals surface area contributed by atoms with E-state index in [0.717, 1.165) is 0 Å². The lowest BCUT2D eigenvalue weighted by molar-refractivity contribution is 1.30. The van der Waals surface area contributed by atoms with E-state index < -0.39 is 0 Å². The van der Waals surface area contributed by atoms with Gasteiger partial charge in [0, 0.05) is 19.0 Å². The summed E-state index contributed by atoms with van der Waals surface area (Å²) in [5.41, 5.74) is 0. The molecule has 0 aromatic heterocycles. The van der Waals surface area contributed by atoms with Crippen LogP contribution in [0.4, 0.5) is 0 Å². The van der Waals surface area contributed by atoms with Crippen molar-refractivity contribution in [1.82, 2.24) is 0 Å². The number of alkyl halides is 4. The van der Waals surface area contributed by atoms with E-state index in [-0.39, 0.29) is 19.0 Å². The number of hydrogen-bond acceptors (Lipinski definition) is 0. The molecule has 0 nitrogen and oxygen atoms in total. The highest BCUT2D eigenvalue weighted by Gasteiger charge is 2.00. The van der Waals surface area contributed by atoms with Gasteiger partial charge in [-0.05, 0) is 12.1 Å². The first-order valence-corrected chi connectivity index (χ1v) is 11.9. The van der Waals surface area contributed by atoms with Crippen LogP contribution in [0, 0.1) is 0 Å². The molecule has 74 valence electrons. The Hall–Kier alpha value is 2.35. The van der Waals surface area contributed by atoms with Crippen molar-refractivity contribution in [3.8, 4) is 0 Å². The van der Waals surface area contributed by atoms with Crippen LogP contribution in [0.15, 0.2) is 0 Å². The smallest absolute Gasteiger partial charge is 0.0669 e. The number of rotatable bonds is 7. The second kappa shape index (κ2) is 9.89. The average molecular weight is 462 g/mol. The molecular formula is C6H14Br4Si2. The Bertz CT molecular complexity index is 87.5. The zero-order valence-corrected chi connectivity index (χ0v) is 16.1. The Kier molecular flexibility index (Phi) is 11.8. The van der Waals surface area contributed by atoms with Gasteiger partial charge in [-0.25, -0.2) is 0 Å². The highest BCUT2D eigenvalue weighted by atomic mass is 79.9. The number of hydrogen-bond donors (Lipinski definition) is 0. The van der Waals surface area contributed by atoms with Crippen LogP contribution in [0.25, 0.3) is 0 Å². The van der Waals surface area contributed by atoms with Gasteiger partial charge in [-0.3, -0.25) is 0 Å². The van der Waals surface area contributed by atoms with E-state index in [1.807, 2.05) is 0 Å². The van der Waals surface area contributed by atoms with Crippen molar-refractivity contribution in [1.29, 1.82) is 0 Å². The second-order valence-corrected chi connectivity index (χ2v) is 13.6. The summed E-state index contributed by atoms with van der Waals surface area (Å²) in [6, 6.07) is 5.88. The fourth-order valence-corrected chi connectivity index (χ4v) is 8.86. The molecule has 0 saturated heterocycles. The van der Waals surface area contributed by atoms with Gasteiger partial charge in [0.05, 0.1) is 7.47 Å². The summed E-state index contributed by atoms with van der Waals surface area (Å²) < 4.78 is 1.16. The van der Waals surface area contributed by atoms with Crippen molar-refractivity contribution in [3.63, 3.8) is 0 Å². The molecule has 0 unspecified atom stereocenters. The minimum Gasteiger partial charge on any atom is -0.0768 e. The Balaban J connectivity index is 2.91. The Morgan fingerprint density at radius 3 is 1.33 bits per heavy atom. The van der Waals surface area contributed by atoms with Gasteiger partial charge in [0.15, 0.2) is 0 Å². The molecular weight excluding hydrogens is 448 g/mol. The van der Waals surface area contributed by atoms with Crippen molar-refractivity contribution in [2.45, 2.75) is 31.6 Å². The van der Waals surface area contributed by atoms with Crippen LogP contribution in [0.2, 0.25) is 24.2 Å². The van der Waals surface area contributed by atoms with Gasteiger partial charge < -0.3 is 0 Å². The first kappa shape index (κ1) is 14.4. The molecule has 0 aliphatic rings. The van der Waals surface area contributed by atoms with E-state index in [4.69, 9.17) is 0 Å². The largest absolute Gasteiger partial charge is 0.0768 e. The van der Waals surface area contributed by atoms with Gasteiger partial charge in [-0.15, -0.1) is 0 Å². The summed E-state index contributed by atoms with van der Waals surface area (Å²) in [4.78, 5) is 0. The molecule has 0 spiro atoms. The van der Waals surface area contributed by atoms with E-state index in [1.54, 1.807) is 12.1 Å². The molecule has 0 N–H and O–H groups in total. The molecule has 0 atom stereocenters. The zero-order chi connectivity index (χ0) is 9.40. The first-order valence-electron chi connectivity index (χ1n) is 4.19. The van der Waals surface area contributed by atoms with E-state index in [9.17, 15) is 0 Å². The summed E-state index contributed by atoms with van der Waals surface area (Å²) in [5, 5.41) is 0. The van der Waals surface area contributed by atoms with Crippen molar-refractivity contribution >= 4 is 82.8 Å². The van der Waals surface area contributed by atoms with Crippen molar-refractivity contribution in [2.75, 3.05) is 0 Å². The normalized spacial score (nSPS) is 13.5. The van der Waals surface area contributed by atoms with E-state index in [2.05, 4.69) is 63.7 Å². The maximum absolute atomic E-state index is 3.51. The molecule has 0 radical (unpaired) electrons. The SMILES string of the molecule is BrC(Br)C[SiH2]CC[SiH2]CC(Br)Br. The maximum Gasteiger partial charge on any atom is 0.0669 e. The van der Waals surface area contributed by atoms with Crippen LogP contribution in [0.3, 0.4) is 0 Å². The first-order chi connectivity index (χ1) is 5.63. The van der Waals surface area contributed by atoms with Gasteiger partial charge in [0.25, 0.3) is 0 Å². The summed E-state index contributed by atoms with van der Waals surface area (Å²) in [7, 11) is 0.459. The molecule has 6 heteroatoms. The third-order valence-electron chi connectivity index (χ3n) is 1.59. The minimum absolute atomic E-state index is 0.229. The van der Waals surface area contributed by atoms with Crippen molar-refractivity contribution in [3.05, 3.63) is 0 Å². The molecule has 12 heavy (non-hydrogen) atoms. The van der Waals surface area contributed by atoms with Crippen LogP contribution in [0.1, 0.15) is 0 Å².